The summed E-state index contributed by atoms with van der Waals surface area (Å²) in [6, 6.07) is 17.0. The number of nitriles is 1. The molecule has 5 nitrogen and oxygen atoms in total. The Balaban J connectivity index is 1.65. The molecule has 0 saturated carbocycles. The van der Waals surface area contributed by atoms with Crippen molar-refractivity contribution in [2.45, 2.75) is 24.7 Å². The van der Waals surface area contributed by atoms with E-state index in [0.717, 1.165) is 10.5 Å². The molecule has 0 spiro atoms. The van der Waals surface area contributed by atoms with Crippen LogP contribution in [0.5, 0.6) is 0 Å². The number of amides is 2. The minimum Gasteiger partial charge on any atom is -0.273 e. The molecule has 0 saturated heterocycles. The predicted octanol–water partition coefficient (Wildman–Crippen LogP) is 2.74. The molecular formula is C19H19N3O2S. The van der Waals surface area contributed by atoms with Gasteiger partial charge in [0.1, 0.15) is 0 Å². The molecule has 2 aromatic rings. The van der Waals surface area contributed by atoms with Crippen LogP contribution in [0.15, 0.2) is 53.4 Å². The quantitative estimate of drug-likeness (QED) is 0.618. The maximum Gasteiger partial charge on any atom is 0.248 e. The van der Waals surface area contributed by atoms with Crippen LogP contribution in [0.2, 0.25) is 0 Å². The second kappa shape index (κ2) is 9.50. The molecule has 2 rings (SSSR count). The smallest absolute Gasteiger partial charge is 0.248 e. The van der Waals surface area contributed by atoms with Crippen LogP contribution in [0, 0.1) is 18.3 Å². The Morgan fingerprint density at radius 3 is 2.28 bits per heavy atom. The molecule has 0 unspecified atom stereocenters. The van der Waals surface area contributed by atoms with Crippen LogP contribution in [0.3, 0.4) is 0 Å². The second-order valence-corrected chi connectivity index (χ2v) is 6.56. The highest BCUT2D eigenvalue weighted by molar-refractivity contribution is 8.00. The van der Waals surface area contributed by atoms with Gasteiger partial charge in [-0.15, -0.1) is 11.8 Å². The number of nitrogens with one attached hydrogen (secondary N) is 2. The highest BCUT2D eigenvalue weighted by Crippen LogP contribution is 2.17. The van der Waals surface area contributed by atoms with Crippen molar-refractivity contribution in [3.8, 4) is 6.07 Å². The molecule has 0 aliphatic heterocycles. The third kappa shape index (κ3) is 6.69. The van der Waals surface area contributed by atoms with Gasteiger partial charge in [0.2, 0.25) is 11.8 Å². The van der Waals surface area contributed by atoms with Gasteiger partial charge >= 0.3 is 0 Å². The topological polar surface area (TPSA) is 82.0 Å². The first kappa shape index (κ1) is 18.6. The lowest BCUT2D eigenvalue weighted by Gasteiger charge is -2.07. The number of nitrogens with zero attached hydrogens (tertiary/aromatic N) is 1. The highest BCUT2D eigenvalue weighted by Gasteiger charge is 2.06. The Labute approximate surface area is 151 Å². The zero-order valence-electron chi connectivity index (χ0n) is 13.9. The maximum absolute atomic E-state index is 11.8. The Morgan fingerprint density at radius 2 is 1.64 bits per heavy atom. The Morgan fingerprint density at radius 1 is 1.00 bits per heavy atom. The van der Waals surface area contributed by atoms with E-state index in [0.29, 0.717) is 12.0 Å². The van der Waals surface area contributed by atoms with Crippen molar-refractivity contribution < 1.29 is 9.59 Å². The van der Waals surface area contributed by atoms with Gasteiger partial charge in [0.15, 0.2) is 0 Å². The number of carbonyl (C=O) groups excluding carboxylic acids is 2. The van der Waals surface area contributed by atoms with E-state index in [2.05, 4.69) is 10.9 Å². The van der Waals surface area contributed by atoms with Crippen LogP contribution in [-0.2, 0) is 16.0 Å². The molecule has 25 heavy (non-hydrogen) atoms. The molecule has 2 amide bonds. The summed E-state index contributed by atoms with van der Waals surface area (Å²) in [5, 5.41) is 8.74. The van der Waals surface area contributed by atoms with E-state index < -0.39 is 0 Å². The first-order valence-corrected chi connectivity index (χ1v) is 8.81. The van der Waals surface area contributed by atoms with Crippen LogP contribution >= 0.6 is 11.8 Å². The molecule has 0 bridgehead atoms. The molecule has 0 radical (unpaired) electrons. The van der Waals surface area contributed by atoms with E-state index in [9.17, 15) is 9.59 Å². The zero-order chi connectivity index (χ0) is 18.1. The Kier molecular flexibility index (Phi) is 7.05. The third-order valence-electron chi connectivity index (χ3n) is 3.46. The monoisotopic (exact) mass is 353 g/mol. The van der Waals surface area contributed by atoms with Crippen LogP contribution in [0.1, 0.15) is 23.1 Å². The summed E-state index contributed by atoms with van der Waals surface area (Å²) in [5.74, 6) is -0.269. The number of hydrazine groups is 1. The fourth-order valence-electron chi connectivity index (χ4n) is 2.03. The highest BCUT2D eigenvalue weighted by atomic mass is 32.2. The van der Waals surface area contributed by atoms with Gasteiger partial charge in [0.05, 0.1) is 17.4 Å². The third-order valence-corrected chi connectivity index (χ3v) is 4.47. The fraction of sp³-hybridized carbons (Fsp3) is 0.211. The van der Waals surface area contributed by atoms with Gasteiger partial charge in [0.25, 0.3) is 0 Å². The van der Waals surface area contributed by atoms with Crippen molar-refractivity contribution in [3.63, 3.8) is 0 Å². The normalized spacial score (nSPS) is 9.92. The van der Waals surface area contributed by atoms with Crippen molar-refractivity contribution in [2.24, 2.45) is 0 Å². The number of carbonyl (C=O) groups is 2. The summed E-state index contributed by atoms with van der Waals surface area (Å²) in [5.41, 5.74) is 7.56. The van der Waals surface area contributed by atoms with E-state index >= 15 is 0 Å². The summed E-state index contributed by atoms with van der Waals surface area (Å²) >= 11 is 1.41. The van der Waals surface area contributed by atoms with Gasteiger partial charge in [-0.05, 0) is 43.2 Å². The van der Waals surface area contributed by atoms with Crippen molar-refractivity contribution in [1.82, 2.24) is 10.9 Å². The summed E-state index contributed by atoms with van der Waals surface area (Å²) in [7, 11) is 0. The lowest BCUT2D eigenvalue weighted by Crippen LogP contribution is -2.42. The molecule has 6 heteroatoms. The molecular weight excluding hydrogens is 334 g/mol. The van der Waals surface area contributed by atoms with Crippen LogP contribution in [0.25, 0.3) is 0 Å². The van der Waals surface area contributed by atoms with Crippen LogP contribution < -0.4 is 10.9 Å². The van der Waals surface area contributed by atoms with E-state index in [1.165, 1.54) is 17.3 Å². The number of aryl methyl sites for hydroxylation is 2. The molecule has 128 valence electrons. The van der Waals surface area contributed by atoms with Gasteiger partial charge in [-0.25, -0.2) is 0 Å². The van der Waals surface area contributed by atoms with Crippen molar-refractivity contribution >= 4 is 23.6 Å². The molecule has 0 aliphatic rings. The molecule has 0 heterocycles. The van der Waals surface area contributed by atoms with Crippen molar-refractivity contribution in [1.29, 1.82) is 5.26 Å². The molecule has 0 atom stereocenters. The lowest BCUT2D eigenvalue weighted by atomic mass is 10.1. The number of hydrogen-bond acceptors (Lipinski definition) is 4. The average Bonchev–Trinajstić information content (AvgIpc) is 2.64. The summed E-state index contributed by atoms with van der Waals surface area (Å²) in [6.07, 6.45) is 0.808. The molecule has 0 aliphatic carbocycles. The van der Waals surface area contributed by atoms with Gasteiger partial charge < -0.3 is 0 Å². The lowest BCUT2D eigenvalue weighted by molar-refractivity contribution is -0.127. The predicted molar refractivity (Wildman–Crippen MR) is 97.7 cm³/mol. The van der Waals surface area contributed by atoms with E-state index in [-0.39, 0.29) is 24.0 Å². The largest absolute Gasteiger partial charge is 0.273 e. The van der Waals surface area contributed by atoms with E-state index in [1.54, 1.807) is 12.1 Å². The zero-order valence-corrected chi connectivity index (χ0v) is 14.7. The van der Waals surface area contributed by atoms with E-state index in [1.807, 2.05) is 49.4 Å². The van der Waals surface area contributed by atoms with Crippen LogP contribution in [-0.4, -0.2) is 17.6 Å². The molecule has 2 aromatic carbocycles. The van der Waals surface area contributed by atoms with Crippen LogP contribution in [0.4, 0.5) is 0 Å². The standard InChI is InChI=1S/C19H19N3O2S/c1-14-2-9-17(10-3-14)25-13-19(24)22-21-18(23)11-8-15-4-6-16(12-20)7-5-15/h2-7,9-10H,8,11,13H2,1H3,(H,21,23)(H,22,24). The average molecular weight is 353 g/mol. The minimum absolute atomic E-state index is 0.235. The number of thioether (sulfide) groups is 1. The minimum atomic E-state index is -0.253. The van der Waals surface area contributed by atoms with Gasteiger partial charge in [-0.3, -0.25) is 20.4 Å². The van der Waals surface area contributed by atoms with Crippen molar-refractivity contribution in [3.05, 3.63) is 65.2 Å². The summed E-state index contributed by atoms with van der Waals surface area (Å²) in [4.78, 5) is 24.5. The molecule has 0 aromatic heterocycles. The molecule has 2 N–H and O–H groups in total. The van der Waals surface area contributed by atoms with E-state index in [4.69, 9.17) is 5.26 Å². The second-order valence-electron chi connectivity index (χ2n) is 5.51. The summed E-state index contributed by atoms with van der Waals surface area (Å²) in [6.45, 7) is 2.01. The van der Waals surface area contributed by atoms with Gasteiger partial charge in [0, 0.05) is 11.3 Å². The number of benzene rings is 2. The Hall–Kier alpha value is -2.78. The van der Waals surface area contributed by atoms with Gasteiger partial charge in [-0.1, -0.05) is 29.8 Å². The summed E-state index contributed by atoms with van der Waals surface area (Å²) < 4.78 is 0. The Bertz CT molecular complexity index is 765. The first-order valence-electron chi connectivity index (χ1n) is 7.83. The first-order chi connectivity index (χ1) is 12.1. The number of rotatable bonds is 6. The van der Waals surface area contributed by atoms with Crippen molar-refractivity contribution in [2.75, 3.05) is 5.75 Å². The van der Waals surface area contributed by atoms with Gasteiger partial charge in [-0.2, -0.15) is 5.26 Å². The number of hydrogen-bond donors (Lipinski definition) is 2. The SMILES string of the molecule is Cc1ccc(SCC(=O)NNC(=O)CCc2ccc(C#N)cc2)cc1. The fourth-order valence-corrected chi connectivity index (χ4v) is 2.72. The molecule has 0 fully saturated rings. The maximum atomic E-state index is 11.8.